The van der Waals surface area contributed by atoms with Crippen molar-refractivity contribution in [3.8, 4) is 11.5 Å². The normalized spacial score (nSPS) is 15.9. The summed E-state index contributed by atoms with van der Waals surface area (Å²) in [6, 6.07) is 22.1. The van der Waals surface area contributed by atoms with Gasteiger partial charge in [-0.2, -0.15) is 0 Å². The van der Waals surface area contributed by atoms with E-state index in [4.69, 9.17) is 16.3 Å². The zero-order chi connectivity index (χ0) is 21.1. The number of hydrogen-bond donors (Lipinski definition) is 1. The third-order valence-electron chi connectivity index (χ3n) is 5.06. The molecule has 3 aromatic carbocycles. The number of carbonyl (C=O) groups excluding carboxylic acids is 2. The molecule has 6 heteroatoms. The Balaban J connectivity index is 1.38. The van der Waals surface area contributed by atoms with Gasteiger partial charge in [0.2, 0.25) is 11.8 Å². The summed E-state index contributed by atoms with van der Waals surface area (Å²) in [6.45, 7) is 2.24. The summed E-state index contributed by atoms with van der Waals surface area (Å²) in [5, 5.41) is 3.49. The lowest BCUT2D eigenvalue weighted by molar-refractivity contribution is -0.122. The minimum Gasteiger partial charge on any atom is -0.457 e. The standard InChI is InChI=1S/C24H21ClN2O3/c1-16-7-10-19(14-22(16)25)27-15-17(13-23(27)28)24(29)26-18-8-11-21(12-9-18)30-20-5-3-2-4-6-20/h2-12,14,17H,13,15H2,1H3,(H,26,29)/t17-/m1/s1. The van der Waals surface area contributed by atoms with Crippen LogP contribution in [0, 0.1) is 12.8 Å². The van der Waals surface area contributed by atoms with Crippen LogP contribution in [0.25, 0.3) is 0 Å². The van der Waals surface area contributed by atoms with Gasteiger partial charge in [0.1, 0.15) is 11.5 Å². The lowest BCUT2D eigenvalue weighted by Crippen LogP contribution is -2.28. The van der Waals surface area contributed by atoms with Gasteiger partial charge in [-0.1, -0.05) is 35.9 Å². The van der Waals surface area contributed by atoms with Crippen LogP contribution in [0.5, 0.6) is 11.5 Å². The maximum Gasteiger partial charge on any atom is 0.229 e. The molecule has 0 spiro atoms. The fraction of sp³-hybridized carbons (Fsp3) is 0.167. The third kappa shape index (κ3) is 4.47. The number of anilines is 2. The first-order valence-corrected chi connectivity index (χ1v) is 10.1. The van der Waals surface area contributed by atoms with E-state index in [9.17, 15) is 9.59 Å². The number of halogens is 1. The van der Waals surface area contributed by atoms with Crippen LogP contribution >= 0.6 is 11.6 Å². The van der Waals surface area contributed by atoms with Crippen LogP contribution < -0.4 is 15.0 Å². The van der Waals surface area contributed by atoms with Crippen molar-refractivity contribution in [3.05, 3.63) is 83.4 Å². The average Bonchev–Trinajstić information content (AvgIpc) is 3.14. The first-order chi connectivity index (χ1) is 14.5. The van der Waals surface area contributed by atoms with Crippen molar-refractivity contribution in [3.63, 3.8) is 0 Å². The van der Waals surface area contributed by atoms with Crippen LogP contribution in [0.15, 0.2) is 72.8 Å². The van der Waals surface area contributed by atoms with Gasteiger partial charge < -0.3 is 15.0 Å². The van der Waals surface area contributed by atoms with Crippen LogP contribution in [-0.4, -0.2) is 18.4 Å². The number of ether oxygens (including phenoxy) is 1. The maximum atomic E-state index is 12.7. The van der Waals surface area contributed by atoms with Crippen molar-refractivity contribution >= 4 is 34.8 Å². The molecule has 1 aliphatic heterocycles. The molecule has 0 aromatic heterocycles. The topological polar surface area (TPSA) is 58.6 Å². The van der Waals surface area contributed by atoms with E-state index in [1.807, 2.05) is 49.4 Å². The van der Waals surface area contributed by atoms with Crippen LogP contribution in [0.1, 0.15) is 12.0 Å². The molecular formula is C24H21ClN2O3. The highest BCUT2D eigenvalue weighted by molar-refractivity contribution is 6.31. The summed E-state index contributed by atoms with van der Waals surface area (Å²) in [6.07, 6.45) is 0.173. The summed E-state index contributed by atoms with van der Waals surface area (Å²) >= 11 is 6.18. The van der Waals surface area contributed by atoms with Crippen molar-refractivity contribution < 1.29 is 14.3 Å². The number of aryl methyl sites for hydroxylation is 1. The van der Waals surface area contributed by atoms with Gasteiger partial charge in [0.05, 0.1) is 5.92 Å². The summed E-state index contributed by atoms with van der Waals surface area (Å²) in [4.78, 5) is 26.7. The molecule has 0 saturated carbocycles. The number of carbonyl (C=O) groups is 2. The number of amides is 2. The minimum absolute atomic E-state index is 0.0818. The second-order valence-corrected chi connectivity index (χ2v) is 7.67. The lowest BCUT2D eigenvalue weighted by atomic mass is 10.1. The molecule has 0 radical (unpaired) electrons. The van der Waals surface area contributed by atoms with Gasteiger partial charge in [0.15, 0.2) is 0 Å². The second kappa shape index (κ2) is 8.59. The minimum atomic E-state index is -0.419. The van der Waals surface area contributed by atoms with Gasteiger partial charge in [0, 0.05) is 29.4 Å². The molecule has 3 aromatic rings. The summed E-state index contributed by atoms with van der Waals surface area (Å²) in [5.41, 5.74) is 2.32. The number of nitrogens with zero attached hydrogens (tertiary/aromatic N) is 1. The quantitative estimate of drug-likeness (QED) is 0.598. The van der Waals surface area contributed by atoms with Crippen molar-refractivity contribution in [2.75, 3.05) is 16.8 Å². The number of rotatable bonds is 5. The first-order valence-electron chi connectivity index (χ1n) is 9.70. The molecule has 0 unspecified atom stereocenters. The highest BCUT2D eigenvalue weighted by Crippen LogP contribution is 2.30. The van der Waals surface area contributed by atoms with Crippen LogP contribution in [0.4, 0.5) is 11.4 Å². The number of para-hydroxylation sites is 1. The van der Waals surface area contributed by atoms with Crippen molar-refractivity contribution in [1.82, 2.24) is 0 Å². The van der Waals surface area contributed by atoms with Gasteiger partial charge in [-0.3, -0.25) is 9.59 Å². The zero-order valence-corrected chi connectivity index (χ0v) is 17.2. The molecular weight excluding hydrogens is 400 g/mol. The van der Waals surface area contributed by atoms with E-state index in [0.717, 1.165) is 11.3 Å². The van der Waals surface area contributed by atoms with E-state index in [-0.39, 0.29) is 18.2 Å². The van der Waals surface area contributed by atoms with Crippen molar-refractivity contribution in [1.29, 1.82) is 0 Å². The molecule has 152 valence electrons. The molecule has 5 nitrogen and oxygen atoms in total. The Labute approximate surface area is 180 Å². The summed E-state index contributed by atoms with van der Waals surface area (Å²) in [5.74, 6) is 0.744. The molecule has 0 aliphatic carbocycles. The molecule has 4 rings (SSSR count). The number of hydrogen-bond acceptors (Lipinski definition) is 3. The van der Waals surface area contributed by atoms with E-state index >= 15 is 0 Å². The van der Waals surface area contributed by atoms with Crippen LogP contribution in [0.2, 0.25) is 5.02 Å². The molecule has 1 saturated heterocycles. The summed E-state index contributed by atoms with van der Waals surface area (Å²) in [7, 11) is 0. The highest BCUT2D eigenvalue weighted by Gasteiger charge is 2.35. The molecule has 30 heavy (non-hydrogen) atoms. The predicted octanol–water partition coefficient (Wildman–Crippen LogP) is 5.43. The highest BCUT2D eigenvalue weighted by atomic mass is 35.5. The van der Waals surface area contributed by atoms with Gasteiger partial charge in [-0.15, -0.1) is 0 Å². The van der Waals surface area contributed by atoms with E-state index in [2.05, 4.69) is 5.32 Å². The molecule has 1 heterocycles. The Kier molecular flexibility index (Phi) is 5.72. The van der Waals surface area contributed by atoms with E-state index in [1.165, 1.54) is 0 Å². The molecule has 1 fully saturated rings. The Hall–Kier alpha value is -3.31. The fourth-order valence-electron chi connectivity index (χ4n) is 3.36. The number of nitrogens with one attached hydrogen (secondary N) is 1. The van der Waals surface area contributed by atoms with Gasteiger partial charge >= 0.3 is 0 Å². The predicted molar refractivity (Wildman–Crippen MR) is 118 cm³/mol. The fourth-order valence-corrected chi connectivity index (χ4v) is 3.53. The van der Waals surface area contributed by atoms with Crippen LogP contribution in [0.3, 0.4) is 0 Å². The largest absolute Gasteiger partial charge is 0.457 e. The SMILES string of the molecule is Cc1ccc(N2C[C@H](C(=O)Nc3ccc(Oc4ccccc4)cc3)CC2=O)cc1Cl. The van der Waals surface area contributed by atoms with E-state index < -0.39 is 5.92 Å². The molecule has 1 N–H and O–H groups in total. The monoisotopic (exact) mass is 420 g/mol. The zero-order valence-electron chi connectivity index (χ0n) is 16.5. The third-order valence-corrected chi connectivity index (χ3v) is 5.47. The smallest absolute Gasteiger partial charge is 0.229 e. The van der Waals surface area contributed by atoms with E-state index in [1.54, 1.807) is 35.2 Å². The van der Waals surface area contributed by atoms with Crippen molar-refractivity contribution in [2.45, 2.75) is 13.3 Å². The Morgan fingerprint density at radius 1 is 1.03 bits per heavy atom. The maximum absolute atomic E-state index is 12.7. The van der Waals surface area contributed by atoms with Crippen LogP contribution in [-0.2, 0) is 9.59 Å². The average molecular weight is 421 g/mol. The Morgan fingerprint density at radius 2 is 1.73 bits per heavy atom. The molecule has 0 bridgehead atoms. The second-order valence-electron chi connectivity index (χ2n) is 7.27. The molecule has 1 aliphatic rings. The Bertz CT molecular complexity index is 1070. The van der Waals surface area contributed by atoms with Gasteiger partial charge in [0.25, 0.3) is 0 Å². The van der Waals surface area contributed by atoms with Gasteiger partial charge in [-0.05, 0) is 61.0 Å². The van der Waals surface area contributed by atoms with Gasteiger partial charge in [-0.25, -0.2) is 0 Å². The Morgan fingerprint density at radius 3 is 2.43 bits per heavy atom. The lowest BCUT2D eigenvalue weighted by Gasteiger charge is -2.17. The summed E-state index contributed by atoms with van der Waals surface area (Å²) < 4.78 is 5.76. The number of benzene rings is 3. The van der Waals surface area contributed by atoms with Crippen molar-refractivity contribution in [2.24, 2.45) is 5.92 Å². The molecule has 2 amide bonds. The van der Waals surface area contributed by atoms with E-state index in [0.29, 0.717) is 28.7 Å². The first kappa shape index (κ1) is 20.0. The molecule has 1 atom stereocenters.